The van der Waals surface area contributed by atoms with Gasteiger partial charge in [-0.05, 0) is 10.9 Å². The molecule has 21 heavy (non-hydrogen) atoms. The standard InChI is InChI=1S/C18H10N2O/c19-10-15-16(11-20)18(21)14-9-5-4-8-13(14)17(15)12-6-2-1-3-7-12/h1-9,21H. The predicted molar refractivity (Wildman–Crippen MR) is 80.5 cm³/mol. The van der Waals surface area contributed by atoms with Crippen LogP contribution >= 0.6 is 0 Å². The molecule has 3 heteroatoms. The molecule has 3 rings (SSSR count). The Kier molecular flexibility index (Phi) is 3.03. The van der Waals surface area contributed by atoms with Crippen molar-refractivity contribution in [2.75, 3.05) is 0 Å². The molecule has 0 radical (unpaired) electrons. The quantitative estimate of drug-likeness (QED) is 0.727. The fourth-order valence-electron chi connectivity index (χ4n) is 2.55. The lowest BCUT2D eigenvalue weighted by molar-refractivity contribution is 0.480. The lowest BCUT2D eigenvalue weighted by atomic mass is 9.90. The van der Waals surface area contributed by atoms with Gasteiger partial charge in [0.1, 0.15) is 23.5 Å². The molecule has 0 saturated heterocycles. The highest BCUT2D eigenvalue weighted by Gasteiger charge is 2.19. The third kappa shape index (κ3) is 1.89. The minimum absolute atomic E-state index is 0.0232. The number of hydrogen-bond acceptors (Lipinski definition) is 3. The smallest absolute Gasteiger partial charge is 0.142 e. The normalized spacial score (nSPS) is 10.0. The zero-order valence-electron chi connectivity index (χ0n) is 11.0. The number of benzene rings is 3. The third-order valence-electron chi connectivity index (χ3n) is 3.47. The number of nitriles is 2. The Morgan fingerprint density at radius 2 is 1.29 bits per heavy atom. The maximum absolute atomic E-state index is 10.3. The summed E-state index contributed by atoms with van der Waals surface area (Å²) in [6.45, 7) is 0. The summed E-state index contributed by atoms with van der Waals surface area (Å²) >= 11 is 0. The topological polar surface area (TPSA) is 67.8 Å². The summed E-state index contributed by atoms with van der Waals surface area (Å²) in [6, 6.07) is 20.7. The molecule has 0 amide bonds. The van der Waals surface area contributed by atoms with Crippen LogP contribution in [0.3, 0.4) is 0 Å². The van der Waals surface area contributed by atoms with Gasteiger partial charge in [0.2, 0.25) is 0 Å². The molecule has 0 spiro atoms. The van der Waals surface area contributed by atoms with Crippen molar-refractivity contribution < 1.29 is 5.11 Å². The molecular formula is C18H10N2O. The average molecular weight is 270 g/mol. The van der Waals surface area contributed by atoms with Gasteiger partial charge in [-0.25, -0.2) is 0 Å². The van der Waals surface area contributed by atoms with Gasteiger partial charge in [0.15, 0.2) is 0 Å². The second kappa shape index (κ2) is 5.00. The Labute approximate surface area is 121 Å². The van der Waals surface area contributed by atoms with Gasteiger partial charge in [-0.3, -0.25) is 0 Å². The summed E-state index contributed by atoms with van der Waals surface area (Å²) in [6.07, 6.45) is 0. The Hall–Kier alpha value is -3.30. The Morgan fingerprint density at radius 1 is 0.714 bits per heavy atom. The van der Waals surface area contributed by atoms with Crippen LogP contribution < -0.4 is 0 Å². The molecule has 0 atom stereocenters. The summed E-state index contributed by atoms with van der Waals surface area (Å²) in [5.41, 5.74) is 1.76. The molecule has 0 aliphatic carbocycles. The zero-order chi connectivity index (χ0) is 14.8. The van der Waals surface area contributed by atoms with Crippen molar-refractivity contribution in [2.45, 2.75) is 0 Å². The number of fused-ring (bicyclic) bond motifs is 1. The van der Waals surface area contributed by atoms with Gasteiger partial charge in [0.05, 0.1) is 5.56 Å². The molecule has 1 N–H and O–H groups in total. The minimum Gasteiger partial charge on any atom is -0.506 e. The lowest BCUT2D eigenvalue weighted by Gasteiger charge is -2.12. The monoisotopic (exact) mass is 270 g/mol. The summed E-state index contributed by atoms with van der Waals surface area (Å²) in [7, 11) is 0. The highest BCUT2D eigenvalue weighted by molar-refractivity contribution is 6.04. The van der Waals surface area contributed by atoms with Crippen molar-refractivity contribution in [3.8, 4) is 29.0 Å². The maximum atomic E-state index is 10.3. The molecule has 0 aliphatic rings. The van der Waals surface area contributed by atoms with Crippen molar-refractivity contribution >= 4 is 10.8 Å². The number of phenols is 1. The predicted octanol–water partition coefficient (Wildman–Crippen LogP) is 3.96. The van der Waals surface area contributed by atoms with Gasteiger partial charge in [-0.1, -0.05) is 54.6 Å². The molecule has 0 unspecified atom stereocenters. The number of rotatable bonds is 1. The first-order chi connectivity index (χ1) is 10.3. The number of nitrogens with zero attached hydrogens (tertiary/aromatic N) is 2. The van der Waals surface area contributed by atoms with Gasteiger partial charge in [-0.15, -0.1) is 0 Å². The first-order valence-electron chi connectivity index (χ1n) is 6.41. The summed E-state index contributed by atoms with van der Waals surface area (Å²) in [4.78, 5) is 0. The number of phenolic OH excluding ortho intramolecular Hbond substituents is 1. The second-order valence-corrected chi connectivity index (χ2v) is 4.61. The van der Waals surface area contributed by atoms with Crippen molar-refractivity contribution in [3.63, 3.8) is 0 Å². The van der Waals surface area contributed by atoms with Crippen LogP contribution in [0, 0.1) is 22.7 Å². The first kappa shape index (κ1) is 12.7. The molecule has 0 bridgehead atoms. The van der Waals surface area contributed by atoms with Gasteiger partial charge >= 0.3 is 0 Å². The van der Waals surface area contributed by atoms with Crippen LogP contribution in [0.25, 0.3) is 21.9 Å². The molecule has 0 saturated carbocycles. The van der Waals surface area contributed by atoms with E-state index in [4.69, 9.17) is 0 Å². The van der Waals surface area contributed by atoms with E-state index in [0.717, 1.165) is 10.9 Å². The molecule has 0 aliphatic heterocycles. The second-order valence-electron chi connectivity index (χ2n) is 4.61. The van der Waals surface area contributed by atoms with E-state index in [-0.39, 0.29) is 16.9 Å². The SMILES string of the molecule is N#Cc1c(C#N)c(-c2ccccc2)c2ccccc2c1O. The Bertz CT molecular complexity index is 916. The maximum Gasteiger partial charge on any atom is 0.142 e. The van der Waals surface area contributed by atoms with Crippen LogP contribution in [0.1, 0.15) is 11.1 Å². The van der Waals surface area contributed by atoms with Gasteiger partial charge in [0, 0.05) is 10.9 Å². The van der Waals surface area contributed by atoms with Gasteiger partial charge < -0.3 is 5.11 Å². The summed E-state index contributed by atoms with van der Waals surface area (Å²) < 4.78 is 0. The van der Waals surface area contributed by atoms with Gasteiger partial charge in [0.25, 0.3) is 0 Å². The van der Waals surface area contributed by atoms with Crippen molar-refractivity contribution in [3.05, 3.63) is 65.7 Å². The van der Waals surface area contributed by atoms with E-state index < -0.39 is 0 Å². The third-order valence-corrected chi connectivity index (χ3v) is 3.47. The van der Waals surface area contributed by atoms with E-state index in [9.17, 15) is 15.6 Å². The number of aromatic hydroxyl groups is 1. The fraction of sp³-hybridized carbons (Fsp3) is 0. The summed E-state index contributed by atoms with van der Waals surface area (Å²) in [5.74, 6) is -0.135. The first-order valence-corrected chi connectivity index (χ1v) is 6.41. The van der Waals surface area contributed by atoms with Gasteiger partial charge in [-0.2, -0.15) is 10.5 Å². The molecule has 3 aromatic carbocycles. The Morgan fingerprint density at radius 3 is 1.90 bits per heavy atom. The van der Waals surface area contributed by atoms with Crippen LogP contribution in [0.4, 0.5) is 0 Å². The van der Waals surface area contributed by atoms with Crippen molar-refractivity contribution in [1.29, 1.82) is 10.5 Å². The van der Waals surface area contributed by atoms with Crippen molar-refractivity contribution in [2.24, 2.45) is 0 Å². The fourth-order valence-corrected chi connectivity index (χ4v) is 2.55. The van der Waals surface area contributed by atoms with E-state index in [2.05, 4.69) is 6.07 Å². The van der Waals surface area contributed by atoms with E-state index in [1.54, 1.807) is 12.1 Å². The average Bonchev–Trinajstić information content (AvgIpc) is 2.55. The van der Waals surface area contributed by atoms with E-state index in [1.165, 1.54) is 0 Å². The Balaban J connectivity index is 2.57. The minimum atomic E-state index is -0.135. The van der Waals surface area contributed by atoms with Crippen LogP contribution in [-0.2, 0) is 0 Å². The van der Waals surface area contributed by atoms with Crippen LogP contribution in [0.15, 0.2) is 54.6 Å². The molecule has 3 nitrogen and oxygen atoms in total. The highest BCUT2D eigenvalue weighted by atomic mass is 16.3. The zero-order valence-corrected chi connectivity index (χ0v) is 11.0. The molecule has 3 aromatic rings. The molecule has 0 aromatic heterocycles. The number of hydrogen-bond donors (Lipinski definition) is 1. The largest absolute Gasteiger partial charge is 0.506 e. The van der Waals surface area contributed by atoms with Crippen LogP contribution in [-0.4, -0.2) is 5.11 Å². The van der Waals surface area contributed by atoms with E-state index >= 15 is 0 Å². The van der Waals surface area contributed by atoms with E-state index in [0.29, 0.717) is 10.9 Å². The van der Waals surface area contributed by atoms with Crippen LogP contribution in [0.5, 0.6) is 5.75 Å². The van der Waals surface area contributed by atoms with E-state index in [1.807, 2.05) is 48.5 Å². The molecule has 98 valence electrons. The van der Waals surface area contributed by atoms with Crippen LogP contribution in [0.2, 0.25) is 0 Å². The lowest BCUT2D eigenvalue weighted by Crippen LogP contribution is -1.93. The molecular weight excluding hydrogens is 260 g/mol. The highest BCUT2D eigenvalue weighted by Crippen LogP contribution is 2.40. The van der Waals surface area contributed by atoms with Crippen molar-refractivity contribution in [1.82, 2.24) is 0 Å². The molecule has 0 heterocycles. The molecule has 0 fully saturated rings. The summed E-state index contributed by atoms with van der Waals surface area (Å²) in [5, 5.41) is 30.4.